The summed E-state index contributed by atoms with van der Waals surface area (Å²) in [6.45, 7) is 6.89. The minimum atomic E-state index is -1.24. The third kappa shape index (κ3) is 4.99. The summed E-state index contributed by atoms with van der Waals surface area (Å²) >= 11 is 5.96. The maximum absolute atomic E-state index is 14.6. The second kappa shape index (κ2) is 9.65. The van der Waals surface area contributed by atoms with Crippen LogP contribution in [0.2, 0.25) is 5.02 Å². The molecule has 31 heavy (non-hydrogen) atoms. The average molecular weight is 444 g/mol. The van der Waals surface area contributed by atoms with Crippen LogP contribution in [0.15, 0.2) is 41.3 Å². The van der Waals surface area contributed by atoms with E-state index in [1.165, 1.54) is 12.3 Å². The van der Waals surface area contributed by atoms with Crippen LogP contribution in [0.25, 0.3) is 10.9 Å². The van der Waals surface area contributed by atoms with Crippen molar-refractivity contribution < 1.29 is 14.3 Å². The zero-order valence-corrected chi connectivity index (χ0v) is 18.8. The number of nitrogens with zero attached hydrogens (tertiary/aromatic N) is 1. The lowest BCUT2D eigenvalue weighted by Crippen LogP contribution is -2.20. The molecule has 0 fully saturated rings. The molecule has 0 saturated carbocycles. The van der Waals surface area contributed by atoms with Crippen molar-refractivity contribution in [2.75, 3.05) is 0 Å². The topological polar surface area (TPSA) is 59.3 Å². The van der Waals surface area contributed by atoms with E-state index in [-0.39, 0.29) is 17.0 Å². The molecule has 0 unspecified atom stereocenters. The Labute approximate surface area is 186 Å². The lowest BCUT2D eigenvalue weighted by molar-refractivity contribution is 0.0695. The van der Waals surface area contributed by atoms with Crippen molar-refractivity contribution in [1.29, 1.82) is 0 Å². The van der Waals surface area contributed by atoms with E-state index in [2.05, 4.69) is 20.8 Å². The number of aromatic carboxylic acids is 1. The highest BCUT2D eigenvalue weighted by atomic mass is 35.5. The number of pyridine rings is 1. The fraction of sp³-hybridized carbons (Fsp3) is 0.360. The number of fused-ring (bicyclic) bond motifs is 1. The predicted molar refractivity (Wildman–Crippen MR) is 123 cm³/mol. The van der Waals surface area contributed by atoms with Crippen LogP contribution in [0.1, 0.15) is 60.7 Å². The van der Waals surface area contributed by atoms with Gasteiger partial charge < -0.3 is 9.67 Å². The van der Waals surface area contributed by atoms with Crippen LogP contribution in [-0.2, 0) is 19.4 Å². The molecule has 3 aromatic rings. The molecule has 1 aromatic heterocycles. The van der Waals surface area contributed by atoms with Gasteiger partial charge in [0.25, 0.3) is 0 Å². The molecule has 4 nitrogen and oxygen atoms in total. The third-order valence-corrected chi connectivity index (χ3v) is 5.72. The molecule has 6 heteroatoms. The van der Waals surface area contributed by atoms with Crippen LogP contribution >= 0.6 is 11.6 Å². The van der Waals surface area contributed by atoms with Gasteiger partial charge in [0, 0.05) is 24.5 Å². The average Bonchev–Trinajstić information content (AvgIpc) is 2.71. The van der Waals surface area contributed by atoms with Crippen LogP contribution in [0.3, 0.4) is 0 Å². The van der Waals surface area contributed by atoms with Gasteiger partial charge in [0.05, 0.1) is 10.5 Å². The van der Waals surface area contributed by atoms with Gasteiger partial charge in [-0.15, -0.1) is 0 Å². The zero-order valence-electron chi connectivity index (χ0n) is 18.0. The Morgan fingerprint density at radius 1 is 1.19 bits per heavy atom. The minimum Gasteiger partial charge on any atom is -0.477 e. The number of aryl methyl sites for hydroxylation is 1. The molecule has 164 valence electrons. The van der Waals surface area contributed by atoms with Crippen molar-refractivity contribution in [3.05, 3.63) is 79.8 Å². The molecule has 0 aliphatic heterocycles. The quantitative estimate of drug-likeness (QED) is 0.458. The van der Waals surface area contributed by atoms with E-state index in [0.717, 1.165) is 35.9 Å². The van der Waals surface area contributed by atoms with Gasteiger partial charge in [-0.1, -0.05) is 50.9 Å². The Hall–Kier alpha value is -2.66. The first-order chi connectivity index (χ1) is 14.7. The number of carbonyl (C=O) groups is 1. The summed E-state index contributed by atoms with van der Waals surface area (Å²) in [5, 5.41) is 9.94. The van der Waals surface area contributed by atoms with Gasteiger partial charge in [-0.3, -0.25) is 4.79 Å². The Bertz CT molecular complexity index is 1180. The van der Waals surface area contributed by atoms with Gasteiger partial charge in [-0.05, 0) is 53.6 Å². The van der Waals surface area contributed by atoms with Gasteiger partial charge in [0.1, 0.15) is 11.4 Å². The van der Waals surface area contributed by atoms with Crippen LogP contribution in [-0.4, -0.2) is 15.6 Å². The molecule has 0 spiro atoms. The number of carboxylic acid groups (broad SMARTS) is 1. The first-order valence-corrected chi connectivity index (χ1v) is 11.0. The molecule has 0 atom stereocenters. The maximum Gasteiger partial charge on any atom is 0.341 e. The van der Waals surface area contributed by atoms with E-state index >= 15 is 0 Å². The number of hydrogen-bond donors (Lipinski definition) is 1. The van der Waals surface area contributed by atoms with Crippen molar-refractivity contribution in [3.8, 4) is 0 Å². The molecule has 0 aliphatic carbocycles. The third-order valence-electron chi connectivity index (χ3n) is 5.43. The highest BCUT2D eigenvalue weighted by Gasteiger charge is 2.18. The predicted octanol–water partition coefficient (Wildman–Crippen LogP) is 6.08. The SMILES string of the molecule is CCCCn1cc(C(=O)O)c(=O)c2cc(Cc3cccc(Cl)c3F)c(CC(C)C)cc21. The lowest BCUT2D eigenvalue weighted by Gasteiger charge is -2.18. The highest BCUT2D eigenvalue weighted by Crippen LogP contribution is 2.27. The number of aromatic nitrogens is 1. The highest BCUT2D eigenvalue weighted by molar-refractivity contribution is 6.30. The van der Waals surface area contributed by atoms with Gasteiger partial charge in [-0.2, -0.15) is 0 Å². The van der Waals surface area contributed by atoms with Crippen molar-refractivity contribution >= 4 is 28.5 Å². The van der Waals surface area contributed by atoms with Crippen LogP contribution < -0.4 is 5.43 Å². The number of benzene rings is 2. The summed E-state index contributed by atoms with van der Waals surface area (Å²) in [7, 11) is 0. The Morgan fingerprint density at radius 3 is 2.58 bits per heavy atom. The van der Waals surface area contributed by atoms with Gasteiger partial charge in [0.15, 0.2) is 0 Å². The number of hydrogen-bond acceptors (Lipinski definition) is 2. The molecule has 0 bridgehead atoms. The van der Waals surface area contributed by atoms with E-state index < -0.39 is 17.2 Å². The summed E-state index contributed by atoms with van der Waals surface area (Å²) in [5.41, 5.74) is 2.23. The summed E-state index contributed by atoms with van der Waals surface area (Å²) in [4.78, 5) is 24.7. The molecular formula is C25H27ClFNO3. The normalized spacial score (nSPS) is 11.4. The molecule has 2 aromatic carbocycles. The summed E-state index contributed by atoms with van der Waals surface area (Å²) in [5.74, 6) is -1.36. The van der Waals surface area contributed by atoms with Crippen molar-refractivity contribution in [3.63, 3.8) is 0 Å². The molecule has 0 radical (unpaired) electrons. The van der Waals surface area contributed by atoms with E-state index in [0.29, 0.717) is 23.4 Å². The molecule has 0 amide bonds. The first kappa shape index (κ1) is 23.0. The van der Waals surface area contributed by atoms with Crippen LogP contribution in [0.4, 0.5) is 4.39 Å². The van der Waals surface area contributed by atoms with E-state index in [4.69, 9.17) is 11.6 Å². The molecule has 3 rings (SSSR count). The van der Waals surface area contributed by atoms with Crippen molar-refractivity contribution in [2.45, 2.75) is 53.0 Å². The largest absolute Gasteiger partial charge is 0.477 e. The van der Waals surface area contributed by atoms with E-state index in [9.17, 15) is 19.1 Å². The molecule has 1 N–H and O–H groups in total. The fourth-order valence-electron chi connectivity index (χ4n) is 3.88. The van der Waals surface area contributed by atoms with Crippen LogP contribution in [0, 0.1) is 11.7 Å². The second-order valence-corrected chi connectivity index (χ2v) is 8.76. The smallest absolute Gasteiger partial charge is 0.341 e. The van der Waals surface area contributed by atoms with Crippen LogP contribution in [0.5, 0.6) is 0 Å². The number of halogens is 2. The van der Waals surface area contributed by atoms with Gasteiger partial charge in [-0.25, -0.2) is 9.18 Å². The minimum absolute atomic E-state index is 0.0544. The molecular weight excluding hydrogens is 417 g/mol. The van der Waals surface area contributed by atoms with Crippen molar-refractivity contribution in [1.82, 2.24) is 4.57 Å². The summed E-state index contributed by atoms with van der Waals surface area (Å²) < 4.78 is 16.4. The molecule has 1 heterocycles. The number of rotatable bonds is 8. The van der Waals surface area contributed by atoms with E-state index in [1.807, 2.05) is 10.6 Å². The Morgan fingerprint density at radius 2 is 1.94 bits per heavy atom. The fourth-order valence-corrected chi connectivity index (χ4v) is 4.07. The molecule has 0 saturated heterocycles. The first-order valence-electron chi connectivity index (χ1n) is 10.6. The standard InChI is InChI=1S/C25H27ClFNO3/c1-4-5-9-28-14-20(25(30)31)24(29)19-12-18(17(10-15(2)3)13-22(19)28)11-16-7-6-8-21(26)23(16)27/h6-8,12-15H,4-5,9-11H2,1-3H3,(H,30,31). The van der Waals surface area contributed by atoms with E-state index in [1.54, 1.807) is 18.2 Å². The summed E-state index contributed by atoms with van der Waals surface area (Å²) in [6, 6.07) is 8.59. The lowest BCUT2D eigenvalue weighted by atomic mass is 9.91. The number of carboxylic acids is 1. The molecule has 0 aliphatic rings. The summed E-state index contributed by atoms with van der Waals surface area (Å²) in [6.07, 6.45) is 4.29. The zero-order chi connectivity index (χ0) is 22.7. The number of unbranched alkanes of at least 4 members (excludes halogenated alkanes) is 1. The van der Waals surface area contributed by atoms with Crippen molar-refractivity contribution in [2.24, 2.45) is 5.92 Å². The Kier molecular flexibility index (Phi) is 7.16. The maximum atomic E-state index is 14.6. The Balaban J connectivity index is 2.27. The van der Waals surface area contributed by atoms with Gasteiger partial charge >= 0.3 is 5.97 Å². The second-order valence-electron chi connectivity index (χ2n) is 8.35. The van der Waals surface area contributed by atoms with Gasteiger partial charge in [0.2, 0.25) is 5.43 Å². The monoisotopic (exact) mass is 443 g/mol.